The number of thiophene rings is 6. The van der Waals surface area contributed by atoms with E-state index in [9.17, 15) is 48.2 Å². The quantitative estimate of drug-likeness (QED) is 0.0824. The highest BCUT2D eigenvalue weighted by atomic mass is 35.5. The fourth-order valence-electron chi connectivity index (χ4n) is 11.4. The van der Waals surface area contributed by atoms with Crippen LogP contribution in [0.1, 0.15) is 69.3 Å². The van der Waals surface area contributed by atoms with Crippen LogP contribution < -0.4 is 0 Å². The van der Waals surface area contributed by atoms with Crippen LogP contribution in [0, 0.1) is 80.4 Å². The smallest absolute Gasteiger partial charge is 0.194 e. The zero-order valence-electron chi connectivity index (χ0n) is 43.5. The van der Waals surface area contributed by atoms with E-state index in [1.54, 1.807) is 59.1 Å². The van der Waals surface area contributed by atoms with Gasteiger partial charge in [-0.3, -0.25) is 9.59 Å². The monoisotopic (exact) mass is 1330 g/mol. The highest BCUT2D eigenvalue weighted by Crippen LogP contribution is 2.59. The molecule has 2 aliphatic carbocycles. The number of aromatic nitrogens is 4. The Bertz CT molecular complexity index is 5120. The molecule has 0 saturated carbocycles. The Morgan fingerprint density at radius 1 is 0.518 bits per heavy atom. The van der Waals surface area contributed by atoms with Crippen molar-refractivity contribution in [3.63, 3.8) is 0 Å². The third-order valence-corrected chi connectivity index (χ3v) is 24.9. The van der Waals surface area contributed by atoms with Gasteiger partial charge in [-0.05, 0) is 71.5 Å². The summed E-state index contributed by atoms with van der Waals surface area (Å²) in [5.74, 6) is -6.00. The number of Topliss-reactive ketones (excluding diaryl/α,β-unsaturated/α-hetero) is 2. The second-order valence-electron chi connectivity index (χ2n) is 20.8. The molecule has 0 fully saturated rings. The van der Waals surface area contributed by atoms with Gasteiger partial charge in [0.05, 0.1) is 91.8 Å². The second kappa shape index (κ2) is 20.3. The molecule has 0 saturated heterocycles. The van der Waals surface area contributed by atoms with E-state index in [-0.39, 0.29) is 66.4 Å². The Balaban J connectivity index is 0.940. The van der Waals surface area contributed by atoms with Crippen molar-refractivity contribution in [3.8, 4) is 43.8 Å². The molecule has 3 aromatic carbocycles. The molecule has 25 heteroatoms. The van der Waals surface area contributed by atoms with Crippen molar-refractivity contribution >= 4 is 233 Å². The number of carbonyl (C=O) groups is 2. The first-order chi connectivity index (χ1) is 40.8. The van der Waals surface area contributed by atoms with Crippen molar-refractivity contribution < 1.29 is 27.2 Å². The summed E-state index contributed by atoms with van der Waals surface area (Å²) in [4.78, 5) is 31.3. The summed E-state index contributed by atoms with van der Waals surface area (Å²) in [5, 5.41) is 43.0. The van der Waals surface area contributed by atoms with Gasteiger partial charge in [-0.25, -0.2) is 17.6 Å². The predicted octanol–water partition coefficient (Wildman–Crippen LogP) is 20.6. The molecule has 12 aromatic rings. The van der Waals surface area contributed by atoms with Crippen LogP contribution in [0.4, 0.5) is 17.6 Å². The van der Waals surface area contributed by atoms with Crippen LogP contribution in [0.25, 0.3) is 115 Å². The van der Waals surface area contributed by atoms with Crippen molar-refractivity contribution in [2.45, 2.75) is 40.8 Å². The van der Waals surface area contributed by atoms with Crippen molar-refractivity contribution in [1.29, 1.82) is 21.0 Å². The summed E-state index contributed by atoms with van der Waals surface area (Å²) in [5.41, 5.74) is 3.66. The highest BCUT2D eigenvalue weighted by molar-refractivity contribution is 7.37. The van der Waals surface area contributed by atoms with Crippen LogP contribution in [0.15, 0.2) is 58.7 Å². The molecule has 9 heterocycles. The Labute approximate surface area is 525 Å². The maximum Gasteiger partial charge on any atom is 0.194 e. The summed E-state index contributed by atoms with van der Waals surface area (Å²) in [6.45, 7) is 9.88. The molecule has 0 N–H and O–H groups in total. The summed E-state index contributed by atoms with van der Waals surface area (Å²) in [6, 6.07) is 13.8. The summed E-state index contributed by atoms with van der Waals surface area (Å²) in [7, 11) is 0. The maximum atomic E-state index is 14.6. The van der Waals surface area contributed by atoms with E-state index in [0.29, 0.717) is 42.6 Å². The topological polar surface area (TPSA) is 165 Å². The molecule has 0 aliphatic heterocycles. The first-order valence-corrected chi connectivity index (χ1v) is 32.5. The van der Waals surface area contributed by atoms with E-state index < -0.39 is 46.0 Å². The van der Waals surface area contributed by atoms with E-state index in [0.717, 1.165) is 118 Å². The second-order valence-corrected chi connectivity index (χ2v) is 29.1. The van der Waals surface area contributed by atoms with Gasteiger partial charge >= 0.3 is 0 Å². The average Bonchev–Trinajstić information content (AvgIpc) is 1.52. The van der Waals surface area contributed by atoms with Gasteiger partial charge in [-0.2, -0.15) is 29.8 Å². The van der Waals surface area contributed by atoms with Gasteiger partial charge in [0, 0.05) is 76.8 Å². The number of benzene rings is 3. The number of rotatable bonds is 8. The number of hydrogen-bond acceptors (Lipinski definition) is 15. The van der Waals surface area contributed by atoms with E-state index in [4.69, 9.17) is 55.2 Å². The molecule has 416 valence electrons. The van der Waals surface area contributed by atoms with Crippen molar-refractivity contribution in [2.75, 3.05) is 0 Å². The molecule has 10 nitrogen and oxygen atoms in total. The van der Waals surface area contributed by atoms with Crippen LogP contribution in [-0.4, -0.2) is 29.4 Å². The number of halogens is 8. The van der Waals surface area contributed by atoms with E-state index in [1.807, 2.05) is 0 Å². The molecule has 0 bridgehead atoms. The van der Waals surface area contributed by atoms with Crippen LogP contribution in [-0.2, 0) is 13.1 Å². The fraction of sp³-hybridized carbons (Fsp3) is 0.133. The van der Waals surface area contributed by atoms with Gasteiger partial charge in [0.25, 0.3) is 0 Å². The standard InChI is InChI=1S/C60H26Cl4F4N8O2S7/c1-19(2)17-75-47-41(55-49(75)59-57(83-55)43(63)53(81-59)37-11-29(61)35(79-37)9-27-39(21(13-69)14-70)23-5-31(65)33(67)7-25(23)51(27)77)45-46(74-85-73-45)42-48(47)76(18-20(3)4)50-56(42)84-58-44(64)54(82-60(50)58)38-12-30(62)36(80-38)10-28-40(22(15-71)16-72)24-6-32(66)34(68)8-26(24)52(28)78/h5-12,19-20H,17-18H2,1-4H3/b27-9-,28-10-. The predicted molar refractivity (Wildman–Crippen MR) is 340 cm³/mol. The number of nitriles is 4. The molecular formula is C60H26Cl4F4N8O2S7. The minimum atomic E-state index is -1.25. The first kappa shape index (κ1) is 55.8. The lowest BCUT2D eigenvalue weighted by atomic mass is 9.99. The lowest BCUT2D eigenvalue weighted by Crippen LogP contribution is -2.07. The third kappa shape index (κ3) is 8.10. The summed E-state index contributed by atoms with van der Waals surface area (Å²) in [6.07, 6.45) is 2.89. The average molecular weight is 1330 g/mol. The number of nitrogens with zero attached hydrogens (tertiary/aromatic N) is 8. The zero-order chi connectivity index (χ0) is 59.7. The number of ketones is 2. The van der Waals surface area contributed by atoms with Gasteiger partial charge in [0.15, 0.2) is 34.8 Å². The van der Waals surface area contributed by atoms with Gasteiger partial charge in [-0.1, -0.05) is 74.1 Å². The largest absolute Gasteiger partial charge is 0.337 e. The molecule has 0 amide bonds. The van der Waals surface area contributed by atoms with Crippen molar-refractivity contribution in [3.05, 3.63) is 134 Å². The molecular weight excluding hydrogens is 1310 g/mol. The van der Waals surface area contributed by atoms with Gasteiger partial charge in [0.1, 0.15) is 46.5 Å². The molecule has 0 spiro atoms. The molecule has 0 radical (unpaired) electrons. The van der Waals surface area contributed by atoms with Crippen LogP contribution in [0.2, 0.25) is 20.1 Å². The van der Waals surface area contributed by atoms with E-state index in [1.165, 1.54) is 57.5 Å². The van der Waals surface area contributed by atoms with E-state index in [2.05, 4.69) is 36.8 Å². The fourth-order valence-corrected chi connectivity index (χ4v) is 21.4. The maximum absolute atomic E-state index is 14.6. The van der Waals surface area contributed by atoms with E-state index >= 15 is 0 Å². The summed E-state index contributed by atoms with van der Waals surface area (Å²) >= 11 is 38.6. The van der Waals surface area contributed by atoms with Crippen LogP contribution in [0.5, 0.6) is 0 Å². The lowest BCUT2D eigenvalue weighted by Gasteiger charge is -2.15. The third-order valence-electron chi connectivity index (χ3n) is 14.7. The van der Waals surface area contributed by atoms with Crippen LogP contribution >= 0.6 is 126 Å². The molecule has 0 atom stereocenters. The van der Waals surface area contributed by atoms with Gasteiger partial charge < -0.3 is 9.13 Å². The molecule has 14 rings (SSSR count). The minimum absolute atomic E-state index is 0.0640. The van der Waals surface area contributed by atoms with Gasteiger partial charge in [0.2, 0.25) is 0 Å². The molecule has 2 aliphatic rings. The number of carbonyl (C=O) groups excluding carboxylic acids is 2. The van der Waals surface area contributed by atoms with Gasteiger partial charge in [-0.15, -0.1) is 68.0 Å². The summed E-state index contributed by atoms with van der Waals surface area (Å²) < 4.78 is 78.5. The van der Waals surface area contributed by atoms with Crippen LogP contribution in [0.3, 0.4) is 0 Å². The van der Waals surface area contributed by atoms with Crippen molar-refractivity contribution in [2.24, 2.45) is 11.8 Å². The highest BCUT2D eigenvalue weighted by Gasteiger charge is 2.38. The molecule has 85 heavy (non-hydrogen) atoms. The Kier molecular flexibility index (Phi) is 13.3. The molecule has 9 aromatic heterocycles. The van der Waals surface area contributed by atoms with Crippen molar-refractivity contribution in [1.82, 2.24) is 17.9 Å². The Hall–Kier alpha value is -7.06. The minimum Gasteiger partial charge on any atom is -0.337 e. The first-order valence-electron chi connectivity index (χ1n) is 25.3. The number of hydrogen-bond donors (Lipinski definition) is 0. The Morgan fingerprint density at radius 3 is 1.24 bits per heavy atom. The Morgan fingerprint density at radius 2 is 0.882 bits per heavy atom. The number of allylic oxidation sites excluding steroid dienone is 6. The SMILES string of the molecule is CC(C)Cn1c2c3sc(-c4cc(Cl)c(/C=C5\C(=O)c6cc(F)c(F)cc6C5=C(C#N)C#N)s4)c(Cl)c3sc2c2c3nsnc3c3c4sc5c(Cl)c(-c6cc(Cl)c(/C=C7\C(=O)c8cc(F)c(F)cc8C7=C(C#N)C#N)s6)sc5c4n(CC(C)C)c3c21. The normalized spacial score (nSPS) is 14.4. The zero-order valence-corrected chi connectivity index (χ0v) is 52.2. The lowest BCUT2D eigenvalue weighted by molar-refractivity contribution is 0.103. The molecule has 0 unspecified atom stereocenters. The number of fused-ring (bicyclic) bond motifs is 16.